The minimum absolute atomic E-state index is 0.655. The van der Waals surface area contributed by atoms with Gasteiger partial charge >= 0.3 is 0 Å². The summed E-state index contributed by atoms with van der Waals surface area (Å²) in [7, 11) is 0. The highest BCUT2D eigenvalue weighted by Crippen LogP contribution is 2.25. The predicted octanol–water partition coefficient (Wildman–Crippen LogP) is 2.58. The molecular weight excluding hydrogens is 262 g/mol. The minimum Gasteiger partial charge on any atom is -0.311 e. The van der Waals surface area contributed by atoms with Gasteiger partial charge in [-0.1, -0.05) is 13.8 Å². The Bertz CT molecular complexity index is 367. The second kappa shape index (κ2) is 6.89. The lowest BCUT2D eigenvalue weighted by molar-refractivity contribution is 0.202. The summed E-state index contributed by atoms with van der Waals surface area (Å²) in [6.07, 6.45) is 0. The first-order valence-electron chi connectivity index (χ1n) is 6.70. The highest BCUT2D eigenvalue weighted by molar-refractivity contribution is 8.00. The van der Waals surface area contributed by atoms with E-state index in [1.165, 1.54) is 23.0 Å². The molecule has 18 heavy (non-hydrogen) atoms. The Labute approximate surface area is 118 Å². The Kier molecular flexibility index (Phi) is 5.48. The maximum Gasteiger partial charge on any atom is 0.107 e. The predicted molar refractivity (Wildman–Crippen MR) is 81.3 cm³/mol. The topological polar surface area (TPSA) is 28.2 Å². The van der Waals surface area contributed by atoms with Gasteiger partial charge in [0, 0.05) is 42.1 Å². The van der Waals surface area contributed by atoms with Gasteiger partial charge in [0.1, 0.15) is 5.01 Å². The van der Waals surface area contributed by atoms with Crippen molar-refractivity contribution in [3.63, 3.8) is 0 Å². The van der Waals surface area contributed by atoms with Gasteiger partial charge in [-0.2, -0.15) is 11.8 Å². The van der Waals surface area contributed by atoms with Crippen LogP contribution in [0.2, 0.25) is 0 Å². The fourth-order valence-corrected chi connectivity index (χ4v) is 4.08. The number of aromatic nitrogens is 1. The van der Waals surface area contributed by atoms with E-state index in [0.717, 1.165) is 24.9 Å². The summed E-state index contributed by atoms with van der Waals surface area (Å²) in [4.78, 5) is 7.27. The van der Waals surface area contributed by atoms with Gasteiger partial charge in [0.25, 0.3) is 0 Å². The number of thioether (sulfide) groups is 1. The minimum atomic E-state index is 0.655. The van der Waals surface area contributed by atoms with Crippen LogP contribution in [0.3, 0.4) is 0 Å². The number of hydrogen-bond acceptors (Lipinski definition) is 5. The fourth-order valence-electron chi connectivity index (χ4n) is 2.16. The van der Waals surface area contributed by atoms with Crippen LogP contribution in [0.1, 0.15) is 31.5 Å². The lowest BCUT2D eigenvalue weighted by Gasteiger charge is -2.37. The fraction of sp³-hybridized carbons (Fsp3) is 0.769. The van der Waals surface area contributed by atoms with Crippen LogP contribution in [0, 0.1) is 0 Å². The van der Waals surface area contributed by atoms with E-state index in [1.54, 1.807) is 11.3 Å². The number of hydrogen-bond donors (Lipinski definition) is 1. The summed E-state index contributed by atoms with van der Waals surface area (Å²) < 4.78 is 0. The van der Waals surface area contributed by atoms with Crippen LogP contribution in [0.5, 0.6) is 0 Å². The van der Waals surface area contributed by atoms with Gasteiger partial charge in [0.2, 0.25) is 0 Å². The highest BCUT2D eigenvalue weighted by atomic mass is 32.2. The molecule has 0 aromatic carbocycles. The maximum absolute atomic E-state index is 4.71. The molecule has 0 saturated carbocycles. The summed E-state index contributed by atoms with van der Waals surface area (Å²) in [5, 5.41) is 7.48. The first-order valence-corrected chi connectivity index (χ1v) is 8.63. The van der Waals surface area contributed by atoms with Crippen molar-refractivity contribution in [1.29, 1.82) is 0 Å². The van der Waals surface area contributed by atoms with Crippen molar-refractivity contribution in [3.05, 3.63) is 16.1 Å². The molecule has 0 radical (unpaired) electrons. The van der Waals surface area contributed by atoms with Gasteiger partial charge < -0.3 is 5.32 Å². The molecule has 0 aliphatic carbocycles. The van der Waals surface area contributed by atoms with E-state index in [-0.39, 0.29) is 0 Å². The third kappa shape index (κ3) is 3.70. The molecule has 1 fully saturated rings. The van der Waals surface area contributed by atoms with Gasteiger partial charge in [-0.3, -0.25) is 4.90 Å². The monoisotopic (exact) mass is 285 g/mol. The average Bonchev–Trinajstić information content (AvgIpc) is 2.80. The number of nitrogens with zero attached hydrogens (tertiary/aromatic N) is 2. The Hall–Kier alpha value is -0.100. The van der Waals surface area contributed by atoms with Crippen LogP contribution in [0.15, 0.2) is 5.38 Å². The standard InChI is InChI=1S/C13H23N3S2/c1-4-14-7-13-15-12(9-18-13)8-16-5-6-17-11(3)10(16)2/h9-11,14H,4-8H2,1-3H3. The lowest BCUT2D eigenvalue weighted by Crippen LogP contribution is -2.44. The normalized spacial score (nSPS) is 25.5. The molecule has 1 aromatic heterocycles. The van der Waals surface area contributed by atoms with Gasteiger partial charge in [0.05, 0.1) is 5.69 Å². The molecule has 1 aromatic rings. The van der Waals surface area contributed by atoms with Crippen molar-refractivity contribution in [2.75, 3.05) is 18.8 Å². The van der Waals surface area contributed by atoms with Crippen LogP contribution in [-0.4, -0.2) is 40.0 Å². The molecule has 1 aliphatic rings. The number of thiazole rings is 1. The van der Waals surface area contributed by atoms with E-state index in [0.29, 0.717) is 6.04 Å². The van der Waals surface area contributed by atoms with Crippen LogP contribution in [0.25, 0.3) is 0 Å². The summed E-state index contributed by atoms with van der Waals surface area (Å²) in [6, 6.07) is 0.655. The molecule has 2 rings (SSSR count). The first-order chi connectivity index (χ1) is 8.70. The van der Waals surface area contributed by atoms with Crippen LogP contribution >= 0.6 is 23.1 Å². The SMILES string of the molecule is CCNCc1nc(CN2CCSC(C)C2C)cs1. The van der Waals surface area contributed by atoms with Gasteiger partial charge in [0.15, 0.2) is 0 Å². The van der Waals surface area contributed by atoms with E-state index in [1.807, 2.05) is 0 Å². The molecule has 2 unspecified atom stereocenters. The van der Waals surface area contributed by atoms with E-state index in [2.05, 4.69) is 48.1 Å². The molecule has 3 nitrogen and oxygen atoms in total. The summed E-state index contributed by atoms with van der Waals surface area (Å²) >= 11 is 3.86. The number of nitrogens with one attached hydrogen (secondary N) is 1. The zero-order valence-corrected chi connectivity index (χ0v) is 13.1. The summed E-state index contributed by atoms with van der Waals surface area (Å²) in [5.74, 6) is 1.25. The number of rotatable bonds is 5. The van der Waals surface area contributed by atoms with Crippen molar-refractivity contribution < 1.29 is 0 Å². The second-order valence-electron chi connectivity index (χ2n) is 4.80. The largest absolute Gasteiger partial charge is 0.311 e. The molecule has 2 atom stereocenters. The third-order valence-corrected chi connectivity index (χ3v) is 5.74. The summed E-state index contributed by atoms with van der Waals surface area (Å²) in [5.41, 5.74) is 1.24. The van der Waals surface area contributed by atoms with E-state index in [4.69, 9.17) is 4.98 Å². The van der Waals surface area contributed by atoms with Crippen LogP contribution in [-0.2, 0) is 13.1 Å². The van der Waals surface area contributed by atoms with Crippen molar-refractivity contribution in [2.24, 2.45) is 0 Å². The molecule has 0 amide bonds. The Morgan fingerprint density at radius 3 is 3.11 bits per heavy atom. The Balaban J connectivity index is 1.90. The average molecular weight is 285 g/mol. The Morgan fingerprint density at radius 2 is 2.33 bits per heavy atom. The van der Waals surface area contributed by atoms with Crippen molar-refractivity contribution in [2.45, 2.75) is 45.2 Å². The zero-order valence-electron chi connectivity index (χ0n) is 11.5. The molecular formula is C13H23N3S2. The van der Waals surface area contributed by atoms with Crippen LogP contribution < -0.4 is 5.32 Å². The quantitative estimate of drug-likeness (QED) is 0.900. The third-order valence-electron chi connectivity index (χ3n) is 3.51. The second-order valence-corrected chi connectivity index (χ2v) is 7.23. The van der Waals surface area contributed by atoms with E-state index in [9.17, 15) is 0 Å². The molecule has 2 heterocycles. The highest BCUT2D eigenvalue weighted by Gasteiger charge is 2.25. The van der Waals surface area contributed by atoms with E-state index < -0.39 is 0 Å². The van der Waals surface area contributed by atoms with Gasteiger partial charge in [-0.05, 0) is 13.5 Å². The molecule has 102 valence electrons. The smallest absolute Gasteiger partial charge is 0.107 e. The Morgan fingerprint density at radius 1 is 1.50 bits per heavy atom. The first kappa shape index (κ1) is 14.3. The molecule has 1 aliphatic heterocycles. The molecule has 1 N–H and O–H groups in total. The van der Waals surface area contributed by atoms with Crippen LogP contribution in [0.4, 0.5) is 0 Å². The van der Waals surface area contributed by atoms with Gasteiger partial charge in [-0.15, -0.1) is 11.3 Å². The van der Waals surface area contributed by atoms with Crippen molar-refractivity contribution in [1.82, 2.24) is 15.2 Å². The van der Waals surface area contributed by atoms with Gasteiger partial charge in [-0.25, -0.2) is 4.98 Å². The molecule has 0 spiro atoms. The maximum atomic E-state index is 4.71. The molecule has 0 bridgehead atoms. The zero-order chi connectivity index (χ0) is 13.0. The van der Waals surface area contributed by atoms with Crippen molar-refractivity contribution in [3.8, 4) is 0 Å². The molecule has 1 saturated heterocycles. The lowest BCUT2D eigenvalue weighted by atomic mass is 10.2. The van der Waals surface area contributed by atoms with Crippen molar-refractivity contribution >= 4 is 23.1 Å². The summed E-state index contributed by atoms with van der Waals surface area (Å²) in [6.45, 7) is 10.9. The van der Waals surface area contributed by atoms with E-state index >= 15 is 0 Å². The molecule has 5 heteroatoms.